The van der Waals surface area contributed by atoms with E-state index < -0.39 is 5.91 Å². The predicted octanol–water partition coefficient (Wildman–Crippen LogP) is 3.82. The van der Waals surface area contributed by atoms with Crippen molar-refractivity contribution < 1.29 is 4.79 Å². The van der Waals surface area contributed by atoms with Gasteiger partial charge in [-0.1, -0.05) is 85.5 Å². The quantitative estimate of drug-likeness (QED) is 0.503. The molecule has 0 fully saturated rings. The van der Waals surface area contributed by atoms with Crippen LogP contribution in [0.4, 0.5) is 0 Å². The van der Waals surface area contributed by atoms with Gasteiger partial charge in [0.25, 0.3) is 0 Å². The molecule has 0 saturated carbocycles. The van der Waals surface area contributed by atoms with Crippen LogP contribution in [0.3, 0.4) is 0 Å². The molecule has 0 spiro atoms. The van der Waals surface area contributed by atoms with E-state index in [-0.39, 0.29) is 0 Å². The van der Waals surface area contributed by atoms with Crippen LogP contribution in [0.2, 0.25) is 0 Å². The topological polar surface area (TPSA) is 43.1 Å². The lowest BCUT2D eigenvalue weighted by Gasteiger charge is -2.11. The van der Waals surface area contributed by atoms with Gasteiger partial charge in [-0.2, -0.15) is 0 Å². The van der Waals surface area contributed by atoms with Crippen molar-refractivity contribution in [1.82, 2.24) is 0 Å². The minimum atomic E-state index is -0.450. The van der Waals surface area contributed by atoms with Crippen LogP contribution in [0, 0.1) is 0 Å². The number of carbonyl (C=O) groups is 1. The van der Waals surface area contributed by atoms with Gasteiger partial charge in [-0.05, 0) is 16.7 Å². The average Bonchev–Trinajstić information content (AvgIpc) is 2.52. The lowest BCUT2D eigenvalue weighted by atomic mass is 9.93. The smallest absolute Gasteiger partial charge is 0.249 e. The second-order valence-electron chi connectivity index (χ2n) is 4.48. The minimum absolute atomic E-state index is 0.450. The fourth-order valence-electron chi connectivity index (χ4n) is 2.14. The van der Waals surface area contributed by atoms with Crippen LogP contribution in [-0.2, 0) is 4.79 Å². The molecule has 104 valence electrons. The van der Waals surface area contributed by atoms with Crippen molar-refractivity contribution in [2.75, 3.05) is 0 Å². The van der Waals surface area contributed by atoms with E-state index in [0.29, 0.717) is 5.57 Å². The Bertz CT molecular complexity index is 682. The molecule has 0 atom stereocenters. The Morgan fingerprint density at radius 2 is 1.43 bits per heavy atom. The van der Waals surface area contributed by atoms with Gasteiger partial charge in [0, 0.05) is 0 Å². The van der Waals surface area contributed by atoms with Gasteiger partial charge in [-0.25, -0.2) is 0 Å². The van der Waals surface area contributed by atoms with Crippen molar-refractivity contribution in [3.05, 3.63) is 96.6 Å². The van der Waals surface area contributed by atoms with Crippen LogP contribution in [-0.4, -0.2) is 5.91 Å². The maximum Gasteiger partial charge on any atom is 0.249 e. The summed E-state index contributed by atoms with van der Waals surface area (Å²) >= 11 is 0. The molecular formula is C19H17NO. The van der Waals surface area contributed by atoms with Crippen LogP contribution in [0.25, 0.3) is 11.1 Å². The van der Waals surface area contributed by atoms with Crippen molar-refractivity contribution in [2.45, 2.75) is 0 Å². The highest BCUT2D eigenvalue weighted by Crippen LogP contribution is 2.27. The average molecular weight is 275 g/mol. The van der Waals surface area contributed by atoms with Crippen molar-refractivity contribution in [3.8, 4) is 0 Å². The fourth-order valence-corrected chi connectivity index (χ4v) is 2.14. The van der Waals surface area contributed by atoms with Gasteiger partial charge in [0.2, 0.25) is 5.91 Å². The zero-order chi connectivity index (χ0) is 15.1. The third-order valence-corrected chi connectivity index (χ3v) is 3.06. The van der Waals surface area contributed by atoms with E-state index in [9.17, 15) is 4.79 Å². The highest BCUT2D eigenvalue weighted by Gasteiger charge is 2.14. The molecule has 2 N–H and O–H groups in total. The number of benzene rings is 2. The molecule has 2 nitrogen and oxygen atoms in total. The van der Waals surface area contributed by atoms with Gasteiger partial charge >= 0.3 is 0 Å². The molecule has 0 bridgehead atoms. The van der Waals surface area contributed by atoms with Crippen LogP contribution in [0.5, 0.6) is 0 Å². The lowest BCUT2D eigenvalue weighted by molar-refractivity contribution is -0.112. The predicted molar refractivity (Wildman–Crippen MR) is 88.2 cm³/mol. The highest BCUT2D eigenvalue weighted by atomic mass is 16.1. The van der Waals surface area contributed by atoms with E-state index in [1.165, 1.54) is 0 Å². The number of hydrogen-bond donors (Lipinski definition) is 1. The van der Waals surface area contributed by atoms with Crippen molar-refractivity contribution in [1.29, 1.82) is 0 Å². The standard InChI is InChI=1S/C19H17NO/c1-2-3-14-17(15-10-6-4-7-11-15)18(19(20)21)16-12-8-5-9-13-16/h2-14H,1H2,(H2,20,21). The van der Waals surface area contributed by atoms with E-state index in [1.54, 1.807) is 12.2 Å². The van der Waals surface area contributed by atoms with Crippen molar-refractivity contribution in [3.63, 3.8) is 0 Å². The Hall–Kier alpha value is -2.87. The fraction of sp³-hybridized carbons (Fsp3) is 0. The molecule has 0 unspecified atom stereocenters. The molecule has 0 saturated heterocycles. The van der Waals surface area contributed by atoms with Gasteiger partial charge in [-0.15, -0.1) is 0 Å². The van der Waals surface area contributed by atoms with Crippen molar-refractivity contribution >= 4 is 17.1 Å². The first kappa shape index (κ1) is 14.5. The first-order chi connectivity index (χ1) is 10.2. The number of nitrogens with two attached hydrogens (primary N) is 1. The minimum Gasteiger partial charge on any atom is -0.366 e. The van der Waals surface area contributed by atoms with Gasteiger partial charge in [0.05, 0.1) is 5.57 Å². The molecule has 21 heavy (non-hydrogen) atoms. The van der Waals surface area contributed by atoms with Gasteiger partial charge in [0.15, 0.2) is 0 Å². The Balaban J connectivity index is 2.71. The molecule has 0 aliphatic carbocycles. The summed E-state index contributed by atoms with van der Waals surface area (Å²) in [7, 11) is 0. The molecule has 0 aliphatic rings. The second-order valence-corrected chi connectivity index (χ2v) is 4.48. The number of allylic oxidation sites excluding steroid dienone is 4. The van der Waals surface area contributed by atoms with Crippen LogP contribution >= 0.6 is 0 Å². The normalized spacial score (nSPS) is 12.0. The van der Waals surface area contributed by atoms with E-state index in [4.69, 9.17) is 5.73 Å². The molecule has 0 aromatic heterocycles. The third-order valence-electron chi connectivity index (χ3n) is 3.06. The summed E-state index contributed by atoms with van der Waals surface area (Å²) in [6.07, 6.45) is 5.33. The molecule has 2 heteroatoms. The SMILES string of the molecule is C=CC=CC(=C(C(N)=O)c1ccccc1)c1ccccc1. The summed E-state index contributed by atoms with van der Waals surface area (Å²) < 4.78 is 0. The van der Waals surface area contributed by atoms with Crippen LogP contribution < -0.4 is 5.73 Å². The molecule has 2 aromatic rings. The van der Waals surface area contributed by atoms with Crippen molar-refractivity contribution in [2.24, 2.45) is 5.73 Å². The maximum atomic E-state index is 12.0. The molecular weight excluding hydrogens is 258 g/mol. The molecule has 1 amide bonds. The first-order valence-corrected chi connectivity index (χ1v) is 6.68. The zero-order valence-electron chi connectivity index (χ0n) is 11.7. The number of rotatable bonds is 5. The number of carbonyl (C=O) groups excluding carboxylic acids is 1. The van der Waals surface area contributed by atoms with Crippen LogP contribution in [0.15, 0.2) is 85.5 Å². The maximum absolute atomic E-state index is 12.0. The second kappa shape index (κ2) is 7.06. The molecule has 0 aliphatic heterocycles. The Morgan fingerprint density at radius 1 is 0.905 bits per heavy atom. The summed E-state index contributed by atoms with van der Waals surface area (Å²) in [6.45, 7) is 3.68. The summed E-state index contributed by atoms with van der Waals surface area (Å²) in [5, 5.41) is 0. The zero-order valence-corrected chi connectivity index (χ0v) is 11.7. The number of amides is 1. The summed E-state index contributed by atoms with van der Waals surface area (Å²) in [5.41, 5.74) is 8.65. The molecule has 0 radical (unpaired) electrons. The summed E-state index contributed by atoms with van der Waals surface area (Å²) in [5.74, 6) is -0.450. The largest absolute Gasteiger partial charge is 0.366 e. The first-order valence-electron chi connectivity index (χ1n) is 6.68. The number of primary amides is 1. The highest BCUT2D eigenvalue weighted by molar-refractivity contribution is 6.27. The molecule has 0 heterocycles. The Labute approximate surface area is 124 Å². The Morgan fingerprint density at radius 3 is 1.90 bits per heavy atom. The number of hydrogen-bond acceptors (Lipinski definition) is 1. The van der Waals surface area contributed by atoms with E-state index in [0.717, 1.165) is 16.7 Å². The lowest BCUT2D eigenvalue weighted by Crippen LogP contribution is -2.14. The molecule has 2 rings (SSSR count). The Kier molecular flexibility index (Phi) is 4.89. The summed E-state index contributed by atoms with van der Waals surface area (Å²) in [4.78, 5) is 12.0. The van der Waals surface area contributed by atoms with Crippen LogP contribution in [0.1, 0.15) is 11.1 Å². The van der Waals surface area contributed by atoms with Gasteiger partial charge in [-0.3, -0.25) is 4.79 Å². The van der Waals surface area contributed by atoms with E-state index >= 15 is 0 Å². The molecule has 2 aromatic carbocycles. The van der Waals surface area contributed by atoms with E-state index in [2.05, 4.69) is 6.58 Å². The summed E-state index contributed by atoms with van der Waals surface area (Å²) in [6, 6.07) is 19.1. The van der Waals surface area contributed by atoms with E-state index in [1.807, 2.05) is 66.7 Å². The monoisotopic (exact) mass is 275 g/mol. The third kappa shape index (κ3) is 3.57. The van der Waals surface area contributed by atoms with Gasteiger partial charge in [0.1, 0.15) is 0 Å². The van der Waals surface area contributed by atoms with Gasteiger partial charge < -0.3 is 5.73 Å².